The smallest absolute Gasteiger partial charge is 0.319 e. The second-order valence-electron chi connectivity index (χ2n) is 5.35. The van der Waals surface area contributed by atoms with Crippen molar-refractivity contribution in [1.29, 1.82) is 0 Å². The maximum absolute atomic E-state index is 12.0. The molecule has 0 radical (unpaired) electrons. The Balaban J connectivity index is 1.57. The Labute approximate surface area is 145 Å². The van der Waals surface area contributed by atoms with Crippen LogP contribution in [0.25, 0.3) is 11.4 Å². The number of nitrogens with zero attached hydrogens (tertiary/aromatic N) is 5. The quantitative estimate of drug-likeness (QED) is 0.718. The van der Waals surface area contributed by atoms with Gasteiger partial charge in [0.05, 0.1) is 0 Å². The number of pyridine rings is 1. The van der Waals surface area contributed by atoms with Crippen LogP contribution in [0.5, 0.6) is 0 Å². The third kappa shape index (κ3) is 4.37. The van der Waals surface area contributed by atoms with Crippen molar-refractivity contribution in [1.82, 2.24) is 30.5 Å². The summed E-state index contributed by atoms with van der Waals surface area (Å²) in [5.41, 5.74) is 2.47. The Morgan fingerprint density at radius 1 is 1.20 bits per heavy atom. The molecule has 128 valence electrons. The molecule has 3 aromatic rings. The van der Waals surface area contributed by atoms with Crippen molar-refractivity contribution in [2.24, 2.45) is 0 Å². The zero-order valence-electron chi connectivity index (χ0n) is 13.9. The van der Waals surface area contributed by atoms with Crippen LogP contribution in [-0.4, -0.2) is 37.8 Å². The number of amides is 2. The van der Waals surface area contributed by atoms with Crippen molar-refractivity contribution in [3.05, 3.63) is 54.4 Å². The Hall–Kier alpha value is -3.29. The third-order valence-corrected chi connectivity index (χ3v) is 3.60. The fraction of sp³-hybridized carbons (Fsp3) is 0.235. The van der Waals surface area contributed by atoms with Gasteiger partial charge in [-0.25, -0.2) is 9.48 Å². The van der Waals surface area contributed by atoms with Crippen LogP contribution in [0.4, 0.5) is 10.5 Å². The number of anilines is 1. The average molecular weight is 337 g/mol. The van der Waals surface area contributed by atoms with Crippen molar-refractivity contribution in [3.8, 4) is 11.4 Å². The molecule has 1 aromatic carbocycles. The van der Waals surface area contributed by atoms with E-state index in [4.69, 9.17) is 0 Å². The number of carbonyl (C=O) groups is 1. The lowest BCUT2D eigenvalue weighted by Crippen LogP contribution is -2.30. The fourth-order valence-electron chi connectivity index (χ4n) is 2.39. The van der Waals surface area contributed by atoms with E-state index in [1.807, 2.05) is 49.4 Å². The van der Waals surface area contributed by atoms with E-state index in [-0.39, 0.29) is 6.03 Å². The van der Waals surface area contributed by atoms with E-state index in [1.54, 1.807) is 10.9 Å². The maximum atomic E-state index is 12.0. The maximum Gasteiger partial charge on any atom is 0.319 e. The number of nitrogens with one attached hydrogen (secondary N) is 2. The predicted octanol–water partition coefficient (Wildman–Crippen LogP) is 2.12. The Kier molecular flexibility index (Phi) is 5.30. The van der Waals surface area contributed by atoms with Gasteiger partial charge in [-0.05, 0) is 41.6 Å². The second-order valence-corrected chi connectivity index (χ2v) is 5.35. The molecule has 0 atom stereocenters. The summed E-state index contributed by atoms with van der Waals surface area (Å²) < 4.78 is 1.70. The van der Waals surface area contributed by atoms with Gasteiger partial charge < -0.3 is 10.6 Å². The number of tetrazole rings is 1. The van der Waals surface area contributed by atoms with Gasteiger partial charge in [0.1, 0.15) is 0 Å². The monoisotopic (exact) mass is 337 g/mol. The normalized spacial score (nSPS) is 10.4. The Morgan fingerprint density at radius 3 is 2.92 bits per heavy atom. The molecule has 0 bridgehead atoms. The van der Waals surface area contributed by atoms with Crippen LogP contribution in [-0.2, 0) is 13.0 Å². The lowest BCUT2D eigenvalue weighted by Gasteiger charge is -2.09. The Morgan fingerprint density at radius 2 is 2.12 bits per heavy atom. The largest absolute Gasteiger partial charge is 0.337 e. The van der Waals surface area contributed by atoms with E-state index in [2.05, 4.69) is 31.1 Å². The lowest BCUT2D eigenvalue weighted by molar-refractivity contribution is 0.252. The van der Waals surface area contributed by atoms with Gasteiger partial charge in [-0.1, -0.05) is 18.2 Å². The molecule has 2 amide bonds. The highest BCUT2D eigenvalue weighted by Crippen LogP contribution is 2.19. The number of carbonyl (C=O) groups excluding carboxylic acids is 1. The summed E-state index contributed by atoms with van der Waals surface area (Å²) in [5, 5.41) is 17.3. The molecule has 8 heteroatoms. The van der Waals surface area contributed by atoms with Gasteiger partial charge in [0.2, 0.25) is 0 Å². The summed E-state index contributed by atoms with van der Waals surface area (Å²) in [5.74, 6) is 0.668. The molecule has 8 nitrogen and oxygen atoms in total. The number of aryl methyl sites for hydroxylation is 1. The molecule has 25 heavy (non-hydrogen) atoms. The molecule has 3 rings (SSSR count). The van der Waals surface area contributed by atoms with Crippen LogP contribution in [0.3, 0.4) is 0 Å². The number of rotatable bonds is 6. The van der Waals surface area contributed by atoms with Gasteiger partial charge in [-0.3, -0.25) is 4.98 Å². The number of benzene rings is 1. The predicted molar refractivity (Wildman–Crippen MR) is 93.9 cm³/mol. The molecule has 0 fully saturated rings. The van der Waals surface area contributed by atoms with Gasteiger partial charge >= 0.3 is 6.03 Å². The number of hydrogen-bond donors (Lipinski definition) is 2. The van der Waals surface area contributed by atoms with Crippen molar-refractivity contribution in [2.45, 2.75) is 19.9 Å². The molecule has 0 spiro atoms. The van der Waals surface area contributed by atoms with Crippen LogP contribution < -0.4 is 10.6 Å². The van der Waals surface area contributed by atoms with Gasteiger partial charge in [0.15, 0.2) is 5.82 Å². The van der Waals surface area contributed by atoms with Crippen LogP contribution >= 0.6 is 0 Å². The molecule has 0 aliphatic heterocycles. The van der Waals surface area contributed by atoms with Gasteiger partial charge in [-0.2, -0.15) is 0 Å². The van der Waals surface area contributed by atoms with Crippen molar-refractivity contribution in [3.63, 3.8) is 0 Å². The minimum absolute atomic E-state index is 0.261. The van der Waals surface area contributed by atoms with Crippen LogP contribution in [0.1, 0.15) is 12.6 Å². The summed E-state index contributed by atoms with van der Waals surface area (Å²) in [6.07, 6.45) is 2.42. The lowest BCUT2D eigenvalue weighted by atomic mass is 10.2. The highest BCUT2D eigenvalue weighted by atomic mass is 16.2. The summed E-state index contributed by atoms with van der Waals surface area (Å²) in [7, 11) is 0. The zero-order valence-corrected chi connectivity index (χ0v) is 13.9. The third-order valence-electron chi connectivity index (χ3n) is 3.60. The van der Waals surface area contributed by atoms with Crippen molar-refractivity contribution >= 4 is 11.7 Å². The van der Waals surface area contributed by atoms with Gasteiger partial charge in [0.25, 0.3) is 0 Å². The first kappa shape index (κ1) is 16.6. The first-order valence-corrected chi connectivity index (χ1v) is 8.07. The minimum atomic E-state index is -0.261. The molecule has 0 aliphatic rings. The molecule has 2 aromatic heterocycles. The second kappa shape index (κ2) is 8.00. The van der Waals surface area contributed by atoms with Crippen LogP contribution in [0.2, 0.25) is 0 Å². The molecule has 2 heterocycles. The van der Waals surface area contributed by atoms with Crippen molar-refractivity contribution in [2.75, 3.05) is 11.9 Å². The van der Waals surface area contributed by atoms with Crippen LogP contribution in [0, 0.1) is 0 Å². The molecule has 2 N–H and O–H groups in total. The van der Waals surface area contributed by atoms with E-state index >= 15 is 0 Å². The van der Waals surface area contributed by atoms with E-state index in [0.717, 1.165) is 11.3 Å². The number of hydrogen-bond acceptors (Lipinski definition) is 5. The minimum Gasteiger partial charge on any atom is -0.337 e. The van der Waals surface area contributed by atoms with E-state index in [0.29, 0.717) is 31.0 Å². The zero-order chi connectivity index (χ0) is 17.5. The standard InChI is InChI=1S/C17H19N7O/c1-2-24-16(21-22-23-24)13-6-5-8-15(12-13)20-17(25)19-11-9-14-7-3-4-10-18-14/h3-8,10,12H,2,9,11H2,1H3,(H2,19,20,25). The van der Waals surface area contributed by atoms with E-state index < -0.39 is 0 Å². The van der Waals surface area contributed by atoms with E-state index in [1.165, 1.54) is 0 Å². The topological polar surface area (TPSA) is 97.6 Å². The molecule has 0 unspecified atom stereocenters. The van der Waals surface area contributed by atoms with E-state index in [9.17, 15) is 4.79 Å². The van der Waals surface area contributed by atoms with Crippen molar-refractivity contribution < 1.29 is 4.79 Å². The molecular formula is C17H19N7O. The summed E-state index contributed by atoms with van der Waals surface area (Å²) in [6.45, 7) is 3.15. The number of urea groups is 1. The highest BCUT2D eigenvalue weighted by molar-refractivity contribution is 5.89. The first-order valence-electron chi connectivity index (χ1n) is 8.07. The highest BCUT2D eigenvalue weighted by Gasteiger charge is 2.09. The molecule has 0 saturated heterocycles. The van der Waals surface area contributed by atoms with Crippen LogP contribution in [0.15, 0.2) is 48.7 Å². The average Bonchev–Trinajstić information content (AvgIpc) is 3.11. The summed E-state index contributed by atoms with van der Waals surface area (Å²) >= 11 is 0. The molecular weight excluding hydrogens is 318 g/mol. The Bertz CT molecular complexity index is 832. The summed E-state index contributed by atoms with van der Waals surface area (Å²) in [6, 6.07) is 12.9. The van der Waals surface area contributed by atoms with Gasteiger partial charge in [-0.15, -0.1) is 5.10 Å². The van der Waals surface area contributed by atoms with Gasteiger partial charge in [0, 0.05) is 42.7 Å². The molecule has 0 aliphatic carbocycles. The molecule has 0 saturated carbocycles. The SMILES string of the molecule is CCn1nnnc1-c1cccc(NC(=O)NCCc2ccccn2)c1. The number of aromatic nitrogens is 5. The first-order chi connectivity index (χ1) is 12.3. The summed E-state index contributed by atoms with van der Waals surface area (Å²) in [4.78, 5) is 16.3. The fourth-order valence-corrected chi connectivity index (χ4v) is 2.39.